The minimum atomic E-state index is -0.277. The second-order valence-electron chi connectivity index (χ2n) is 8.05. The first-order chi connectivity index (χ1) is 11.4. The van der Waals surface area contributed by atoms with Crippen LogP contribution in [0.2, 0.25) is 0 Å². The van der Waals surface area contributed by atoms with Crippen LogP contribution >= 0.6 is 0 Å². The highest BCUT2D eigenvalue weighted by atomic mass is 16.8. The van der Waals surface area contributed by atoms with Crippen molar-refractivity contribution in [3.63, 3.8) is 0 Å². The number of fused-ring (bicyclic) bond motifs is 1. The molecule has 0 aromatic rings. The molecule has 0 radical (unpaired) electrons. The van der Waals surface area contributed by atoms with Crippen LogP contribution in [0.15, 0.2) is 0 Å². The van der Waals surface area contributed by atoms with Crippen LogP contribution < -0.4 is 0 Å². The lowest BCUT2D eigenvalue weighted by Gasteiger charge is -2.48. The summed E-state index contributed by atoms with van der Waals surface area (Å²) >= 11 is 0. The molecule has 0 spiro atoms. The minimum Gasteiger partial charge on any atom is -0.350 e. The Morgan fingerprint density at radius 3 is 1.33 bits per heavy atom. The predicted molar refractivity (Wildman–Crippen MR) is 87.3 cm³/mol. The Hall–Kier alpha value is -0.240. The molecule has 6 heteroatoms. The van der Waals surface area contributed by atoms with Crippen molar-refractivity contribution in [1.29, 1.82) is 0 Å². The van der Waals surface area contributed by atoms with Crippen LogP contribution in [0.1, 0.15) is 41.5 Å². The van der Waals surface area contributed by atoms with E-state index in [-0.39, 0.29) is 55.1 Å². The van der Waals surface area contributed by atoms with Gasteiger partial charge in [-0.1, -0.05) is 41.5 Å². The first kappa shape index (κ1) is 18.5. The number of ether oxygens (including phenoxy) is 6. The van der Waals surface area contributed by atoms with Gasteiger partial charge in [-0.15, -0.1) is 0 Å². The van der Waals surface area contributed by atoms with Crippen molar-refractivity contribution in [3.8, 4) is 0 Å². The summed E-state index contributed by atoms with van der Waals surface area (Å²) in [7, 11) is 0. The van der Waals surface area contributed by atoms with Crippen LogP contribution in [0.5, 0.6) is 0 Å². The molecule has 0 aliphatic carbocycles. The quantitative estimate of drug-likeness (QED) is 0.781. The Morgan fingerprint density at radius 1 is 0.542 bits per heavy atom. The normalized spacial score (nSPS) is 43.6. The number of hydrogen-bond donors (Lipinski definition) is 0. The highest BCUT2D eigenvalue weighted by Gasteiger charge is 2.51. The zero-order chi connectivity index (χ0) is 17.4. The average molecular weight is 344 g/mol. The molecule has 3 aliphatic rings. The standard InChI is InChI=1S/C18H32O6/c1-9(2)16-19-7-12(21-16)15-14-13(22-18(24-15)11(5)6)8-20-17(23-14)10(3)4/h9-18H,7-8H2,1-6H3/t12-,13+,14-,15-,16?,17?,18?/m1/s1. The fraction of sp³-hybridized carbons (Fsp3) is 1.00. The number of hydrogen-bond acceptors (Lipinski definition) is 6. The first-order valence-corrected chi connectivity index (χ1v) is 9.21. The molecule has 0 bridgehead atoms. The van der Waals surface area contributed by atoms with Crippen molar-refractivity contribution < 1.29 is 28.4 Å². The summed E-state index contributed by atoms with van der Waals surface area (Å²) in [5, 5.41) is 0. The molecule has 3 saturated heterocycles. The summed E-state index contributed by atoms with van der Waals surface area (Å²) < 4.78 is 36.3. The van der Waals surface area contributed by atoms with E-state index in [2.05, 4.69) is 41.5 Å². The lowest BCUT2D eigenvalue weighted by molar-refractivity contribution is -0.378. The molecular formula is C18H32O6. The van der Waals surface area contributed by atoms with E-state index in [4.69, 9.17) is 28.4 Å². The maximum Gasteiger partial charge on any atom is 0.161 e. The maximum absolute atomic E-state index is 6.25. The molecule has 3 rings (SSSR count). The second-order valence-corrected chi connectivity index (χ2v) is 8.05. The third-order valence-electron chi connectivity index (χ3n) is 4.74. The fourth-order valence-electron chi connectivity index (χ4n) is 3.33. The van der Waals surface area contributed by atoms with Gasteiger partial charge in [0.15, 0.2) is 18.9 Å². The van der Waals surface area contributed by atoms with Crippen LogP contribution in [0.25, 0.3) is 0 Å². The van der Waals surface area contributed by atoms with E-state index in [1.165, 1.54) is 0 Å². The lowest BCUT2D eigenvalue weighted by Crippen LogP contribution is -2.62. The molecule has 6 nitrogen and oxygen atoms in total. The SMILES string of the molecule is CC(C)C1OC[C@@H]2OC(C(C)C)O[C@H]([C@H]3COC(C(C)C)O3)[C@@H]2O1. The van der Waals surface area contributed by atoms with Gasteiger partial charge < -0.3 is 28.4 Å². The predicted octanol–water partition coefficient (Wildman–Crippen LogP) is 2.55. The minimum absolute atomic E-state index is 0.132. The molecule has 3 heterocycles. The smallest absolute Gasteiger partial charge is 0.161 e. The monoisotopic (exact) mass is 344 g/mol. The third kappa shape index (κ3) is 3.79. The van der Waals surface area contributed by atoms with E-state index in [0.29, 0.717) is 19.1 Å². The molecule has 3 fully saturated rings. The molecule has 3 aliphatic heterocycles. The highest BCUT2D eigenvalue weighted by Crippen LogP contribution is 2.35. The van der Waals surface area contributed by atoms with Gasteiger partial charge in [0.2, 0.25) is 0 Å². The van der Waals surface area contributed by atoms with E-state index in [1.54, 1.807) is 0 Å². The molecule has 0 amide bonds. The second kappa shape index (κ2) is 7.56. The highest BCUT2D eigenvalue weighted by molar-refractivity contribution is 4.93. The Labute approximate surface area is 145 Å². The van der Waals surface area contributed by atoms with Gasteiger partial charge in [-0.25, -0.2) is 0 Å². The van der Waals surface area contributed by atoms with Gasteiger partial charge in [-0.05, 0) is 0 Å². The van der Waals surface area contributed by atoms with Crippen molar-refractivity contribution >= 4 is 0 Å². The van der Waals surface area contributed by atoms with Crippen molar-refractivity contribution in [3.05, 3.63) is 0 Å². The molecule has 24 heavy (non-hydrogen) atoms. The van der Waals surface area contributed by atoms with Crippen LogP contribution in [0.3, 0.4) is 0 Å². The summed E-state index contributed by atoms with van der Waals surface area (Å²) in [5.41, 5.74) is 0. The summed E-state index contributed by atoms with van der Waals surface area (Å²) in [6, 6.07) is 0. The summed E-state index contributed by atoms with van der Waals surface area (Å²) in [6.45, 7) is 13.6. The van der Waals surface area contributed by atoms with Gasteiger partial charge in [-0.3, -0.25) is 0 Å². The van der Waals surface area contributed by atoms with E-state index < -0.39 is 0 Å². The van der Waals surface area contributed by atoms with E-state index >= 15 is 0 Å². The zero-order valence-corrected chi connectivity index (χ0v) is 15.6. The van der Waals surface area contributed by atoms with Crippen molar-refractivity contribution in [2.75, 3.05) is 13.2 Å². The van der Waals surface area contributed by atoms with Crippen molar-refractivity contribution in [1.82, 2.24) is 0 Å². The molecule has 3 unspecified atom stereocenters. The van der Waals surface area contributed by atoms with Crippen LogP contribution in [0, 0.1) is 17.8 Å². The van der Waals surface area contributed by atoms with E-state index in [1.807, 2.05) is 0 Å². The van der Waals surface area contributed by atoms with E-state index in [9.17, 15) is 0 Å². The first-order valence-electron chi connectivity index (χ1n) is 9.21. The number of rotatable bonds is 4. The van der Waals surface area contributed by atoms with Gasteiger partial charge in [0.05, 0.1) is 13.2 Å². The largest absolute Gasteiger partial charge is 0.350 e. The van der Waals surface area contributed by atoms with E-state index in [0.717, 1.165) is 0 Å². The van der Waals surface area contributed by atoms with Crippen LogP contribution in [-0.2, 0) is 28.4 Å². The molecule has 0 saturated carbocycles. The Bertz CT molecular complexity index is 412. The van der Waals surface area contributed by atoms with Crippen molar-refractivity contribution in [2.45, 2.75) is 84.8 Å². The maximum atomic E-state index is 6.25. The Morgan fingerprint density at radius 2 is 0.917 bits per heavy atom. The summed E-state index contributed by atoms with van der Waals surface area (Å²) in [5.74, 6) is 0.837. The Kier molecular flexibility index (Phi) is 5.84. The molecule has 7 atom stereocenters. The van der Waals surface area contributed by atoms with Crippen molar-refractivity contribution in [2.24, 2.45) is 17.8 Å². The average Bonchev–Trinajstić information content (AvgIpc) is 3.03. The van der Waals surface area contributed by atoms with Crippen LogP contribution in [0.4, 0.5) is 0 Å². The van der Waals surface area contributed by atoms with Gasteiger partial charge in [0, 0.05) is 17.8 Å². The fourth-order valence-corrected chi connectivity index (χ4v) is 3.33. The Balaban J connectivity index is 1.75. The third-order valence-corrected chi connectivity index (χ3v) is 4.74. The molecule has 0 aromatic heterocycles. The van der Waals surface area contributed by atoms with Crippen LogP contribution in [-0.4, -0.2) is 56.5 Å². The van der Waals surface area contributed by atoms with Gasteiger partial charge >= 0.3 is 0 Å². The van der Waals surface area contributed by atoms with Gasteiger partial charge in [-0.2, -0.15) is 0 Å². The molecule has 0 N–H and O–H groups in total. The molecule has 140 valence electrons. The topological polar surface area (TPSA) is 55.4 Å². The molecular weight excluding hydrogens is 312 g/mol. The lowest BCUT2D eigenvalue weighted by atomic mass is 9.99. The summed E-state index contributed by atoms with van der Waals surface area (Å²) in [4.78, 5) is 0. The molecule has 0 aromatic carbocycles. The zero-order valence-electron chi connectivity index (χ0n) is 15.6. The van der Waals surface area contributed by atoms with Gasteiger partial charge in [0.25, 0.3) is 0 Å². The van der Waals surface area contributed by atoms with Gasteiger partial charge in [0.1, 0.15) is 24.4 Å². The summed E-state index contributed by atoms with van der Waals surface area (Å²) in [6.07, 6.45) is -1.36.